The van der Waals surface area contributed by atoms with Crippen molar-refractivity contribution in [1.29, 1.82) is 0 Å². The average Bonchev–Trinajstić information content (AvgIpc) is 2.93. The maximum Gasteiger partial charge on any atom is 0.122 e. The third kappa shape index (κ3) is 2.85. The van der Waals surface area contributed by atoms with Crippen LogP contribution in [0.15, 0.2) is 36.7 Å². The van der Waals surface area contributed by atoms with Crippen LogP contribution in [0, 0.1) is 0 Å². The van der Waals surface area contributed by atoms with Crippen molar-refractivity contribution in [3.8, 4) is 5.75 Å². The molecule has 0 aliphatic carbocycles. The van der Waals surface area contributed by atoms with Crippen molar-refractivity contribution in [2.24, 2.45) is 0 Å². The maximum atomic E-state index is 5.71. The van der Waals surface area contributed by atoms with Crippen molar-refractivity contribution in [2.75, 3.05) is 13.2 Å². The van der Waals surface area contributed by atoms with Crippen molar-refractivity contribution in [1.82, 2.24) is 15.1 Å². The van der Waals surface area contributed by atoms with Crippen molar-refractivity contribution in [2.45, 2.75) is 32.4 Å². The predicted molar refractivity (Wildman–Crippen MR) is 78.9 cm³/mol. The Bertz CT molecular complexity index is 564. The van der Waals surface area contributed by atoms with Crippen molar-refractivity contribution in [3.05, 3.63) is 47.8 Å². The normalized spacial score (nSPS) is 17.6. The first-order valence-corrected chi connectivity index (χ1v) is 7.30. The molecule has 0 saturated carbocycles. The first kappa shape index (κ1) is 13.2. The zero-order valence-electron chi connectivity index (χ0n) is 11.9. The Kier molecular flexibility index (Phi) is 4.02. The first-order valence-electron chi connectivity index (χ1n) is 7.30. The summed E-state index contributed by atoms with van der Waals surface area (Å²) in [6.07, 6.45) is 5.15. The van der Waals surface area contributed by atoms with Crippen LogP contribution in [0.25, 0.3) is 0 Å². The van der Waals surface area contributed by atoms with E-state index in [4.69, 9.17) is 4.74 Å². The monoisotopic (exact) mass is 271 g/mol. The van der Waals surface area contributed by atoms with Crippen LogP contribution in [-0.2, 0) is 13.1 Å². The number of hydrogen-bond acceptors (Lipinski definition) is 3. The van der Waals surface area contributed by atoms with Crippen LogP contribution < -0.4 is 10.1 Å². The van der Waals surface area contributed by atoms with Crippen LogP contribution in [-0.4, -0.2) is 22.9 Å². The van der Waals surface area contributed by atoms with E-state index in [2.05, 4.69) is 46.4 Å². The standard InChI is InChI=1S/C16H21N3O/c1-2-17-9-13-10-18-19(11-13)12-14-7-8-20-16-6-4-3-5-15(14)16/h3-6,10-11,14,17H,2,7-9,12H2,1H3. The topological polar surface area (TPSA) is 39.1 Å². The second-order valence-corrected chi connectivity index (χ2v) is 5.22. The Labute approximate surface area is 119 Å². The van der Waals surface area contributed by atoms with Gasteiger partial charge < -0.3 is 10.1 Å². The zero-order chi connectivity index (χ0) is 13.8. The number of benzene rings is 1. The van der Waals surface area contributed by atoms with Crippen LogP contribution >= 0.6 is 0 Å². The summed E-state index contributed by atoms with van der Waals surface area (Å²) in [5, 5.41) is 7.80. The lowest BCUT2D eigenvalue weighted by Crippen LogP contribution is -2.18. The average molecular weight is 271 g/mol. The molecule has 3 rings (SSSR count). The highest BCUT2D eigenvalue weighted by atomic mass is 16.5. The molecule has 4 nitrogen and oxygen atoms in total. The number of nitrogens with one attached hydrogen (secondary N) is 1. The highest BCUT2D eigenvalue weighted by molar-refractivity contribution is 5.37. The SMILES string of the molecule is CCNCc1cnn(CC2CCOc3ccccc32)c1. The summed E-state index contributed by atoms with van der Waals surface area (Å²) in [6, 6.07) is 8.34. The molecule has 4 heteroatoms. The van der Waals surface area contributed by atoms with Crippen molar-refractivity contribution >= 4 is 0 Å². The molecule has 0 radical (unpaired) electrons. The fourth-order valence-corrected chi connectivity index (χ4v) is 2.70. The molecule has 20 heavy (non-hydrogen) atoms. The van der Waals surface area contributed by atoms with Crippen LogP contribution in [0.3, 0.4) is 0 Å². The van der Waals surface area contributed by atoms with Crippen LogP contribution in [0.2, 0.25) is 0 Å². The molecule has 0 saturated heterocycles. The minimum Gasteiger partial charge on any atom is -0.493 e. The molecular weight excluding hydrogens is 250 g/mol. The molecule has 1 aromatic heterocycles. The number of hydrogen-bond donors (Lipinski definition) is 1. The zero-order valence-corrected chi connectivity index (χ0v) is 11.9. The van der Waals surface area contributed by atoms with Gasteiger partial charge >= 0.3 is 0 Å². The Morgan fingerprint density at radius 3 is 3.20 bits per heavy atom. The molecule has 0 amide bonds. The Hall–Kier alpha value is -1.81. The quantitative estimate of drug-likeness (QED) is 0.908. The highest BCUT2D eigenvalue weighted by Gasteiger charge is 2.21. The third-order valence-electron chi connectivity index (χ3n) is 3.76. The molecule has 1 N–H and O–H groups in total. The van der Waals surface area contributed by atoms with Gasteiger partial charge in [0, 0.05) is 30.8 Å². The molecule has 1 aliphatic heterocycles. The molecular formula is C16H21N3O. The van der Waals surface area contributed by atoms with Crippen LogP contribution in [0.1, 0.15) is 30.4 Å². The molecule has 0 bridgehead atoms. The van der Waals surface area contributed by atoms with Gasteiger partial charge in [0.25, 0.3) is 0 Å². The van der Waals surface area contributed by atoms with E-state index in [1.54, 1.807) is 0 Å². The summed E-state index contributed by atoms with van der Waals surface area (Å²) in [4.78, 5) is 0. The van der Waals surface area contributed by atoms with Gasteiger partial charge in [-0.05, 0) is 24.6 Å². The van der Waals surface area contributed by atoms with E-state index in [-0.39, 0.29) is 0 Å². The lowest BCUT2D eigenvalue weighted by molar-refractivity contribution is 0.256. The van der Waals surface area contributed by atoms with E-state index >= 15 is 0 Å². The second-order valence-electron chi connectivity index (χ2n) is 5.22. The smallest absolute Gasteiger partial charge is 0.122 e. The molecule has 106 valence electrons. The minimum absolute atomic E-state index is 0.492. The van der Waals surface area contributed by atoms with Crippen molar-refractivity contribution < 1.29 is 4.74 Å². The molecule has 1 aliphatic rings. The summed E-state index contributed by atoms with van der Waals surface area (Å²) in [5.74, 6) is 1.52. The molecule has 1 unspecified atom stereocenters. The molecule has 1 aromatic carbocycles. The summed E-state index contributed by atoms with van der Waals surface area (Å²) in [7, 11) is 0. The number of aromatic nitrogens is 2. The van der Waals surface area contributed by atoms with E-state index in [0.717, 1.165) is 38.4 Å². The van der Waals surface area contributed by atoms with E-state index in [9.17, 15) is 0 Å². The van der Waals surface area contributed by atoms with Gasteiger partial charge in [-0.25, -0.2) is 0 Å². The van der Waals surface area contributed by atoms with Crippen LogP contribution in [0.5, 0.6) is 5.75 Å². The summed E-state index contributed by atoms with van der Waals surface area (Å²) in [5.41, 5.74) is 2.55. The van der Waals surface area contributed by atoms with Gasteiger partial charge in [0.05, 0.1) is 12.8 Å². The number of ether oxygens (including phenoxy) is 1. The van der Waals surface area contributed by atoms with E-state index in [1.807, 2.05) is 12.3 Å². The largest absolute Gasteiger partial charge is 0.493 e. The Morgan fingerprint density at radius 2 is 2.30 bits per heavy atom. The van der Waals surface area contributed by atoms with E-state index in [0.29, 0.717) is 5.92 Å². The number of fused-ring (bicyclic) bond motifs is 1. The lowest BCUT2D eigenvalue weighted by Gasteiger charge is -2.25. The van der Waals surface area contributed by atoms with Crippen LogP contribution in [0.4, 0.5) is 0 Å². The molecule has 2 aromatic rings. The second kappa shape index (κ2) is 6.09. The maximum absolute atomic E-state index is 5.71. The Morgan fingerprint density at radius 1 is 1.40 bits per heavy atom. The Balaban J connectivity index is 1.71. The van der Waals surface area contributed by atoms with E-state index < -0.39 is 0 Å². The molecule has 0 spiro atoms. The predicted octanol–water partition coefficient (Wildman–Crippen LogP) is 2.56. The number of rotatable bonds is 5. The van der Waals surface area contributed by atoms with Gasteiger partial charge in [-0.1, -0.05) is 25.1 Å². The van der Waals surface area contributed by atoms with Gasteiger partial charge in [0.15, 0.2) is 0 Å². The molecule has 0 fully saturated rings. The summed E-state index contributed by atoms with van der Waals surface area (Å²) >= 11 is 0. The highest BCUT2D eigenvalue weighted by Crippen LogP contribution is 2.34. The fourth-order valence-electron chi connectivity index (χ4n) is 2.70. The van der Waals surface area contributed by atoms with Gasteiger partial charge in [-0.15, -0.1) is 0 Å². The van der Waals surface area contributed by atoms with Gasteiger partial charge in [0.1, 0.15) is 5.75 Å². The van der Waals surface area contributed by atoms with Gasteiger partial charge in [-0.2, -0.15) is 5.10 Å². The molecule has 1 atom stereocenters. The minimum atomic E-state index is 0.492. The summed E-state index contributed by atoms with van der Waals surface area (Å²) in [6.45, 7) is 5.71. The fraction of sp³-hybridized carbons (Fsp3) is 0.438. The number of nitrogens with zero attached hydrogens (tertiary/aromatic N) is 2. The van der Waals surface area contributed by atoms with Gasteiger partial charge in [0.2, 0.25) is 0 Å². The molecule has 2 heterocycles. The first-order chi connectivity index (χ1) is 9.86. The lowest BCUT2D eigenvalue weighted by atomic mass is 9.93. The van der Waals surface area contributed by atoms with Crippen molar-refractivity contribution in [3.63, 3.8) is 0 Å². The van der Waals surface area contributed by atoms with E-state index in [1.165, 1.54) is 11.1 Å². The third-order valence-corrected chi connectivity index (χ3v) is 3.76. The number of para-hydroxylation sites is 1. The van der Waals surface area contributed by atoms with Gasteiger partial charge in [-0.3, -0.25) is 4.68 Å². The summed E-state index contributed by atoms with van der Waals surface area (Å²) < 4.78 is 7.77.